The van der Waals surface area contributed by atoms with Crippen LogP contribution in [0.5, 0.6) is 0 Å². The molecule has 76 valence electrons. The Hall–Kier alpha value is -1.11. The maximum Gasteiger partial charge on any atom is 0.122 e. The number of hydrogen-bond acceptors (Lipinski definition) is 1. The molecular weight excluding hydrogens is 172 g/mol. The summed E-state index contributed by atoms with van der Waals surface area (Å²) in [6, 6.07) is 6.35. The molecule has 14 heavy (non-hydrogen) atoms. The molecule has 0 aromatic heterocycles. The molecule has 1 nitrogen and oxygen atoms in total. The maximum absolute atomic E-state index is 10.5. The average molecular weight is 190 g/mol. The Morgan fingerprint density at radius 2 is 1.86 bits per heavy atom. The van der Waals surface area contributed by atoms with E-state index in [-0.39, 0.29) is 5.92 Å². The van der Waals surface area contributed by atoms with Crippen LogP contribution in [0.3, 0.4) is 0 Å². The first-order valence-electron chi connectivity index (χ1n) is 5.15. The molecule has 0 radical (unpaired) electrons. The fourth-order valence-electron chi connectivity index (χ4n) is 1.68. The van der Waals surface area contributed by atoms with E-state index in [1.807, 2.05) is 6.92 Å². The minimum Gasteiger partial charge on any atom is -0.303 e. The second kappa shape index (κ2) is 4.94. The summed E-state index contributed by atoms with van der Waals surface area (Å²) in [6.07, 6.45) is 3.00. The van der Waals surface area contributed by atoms with Gasteiger partial charge in [-0.15, -0.1) is 0 Å². The second-order valence-electron chi connectivity index (χ2n) is 4.02. The molecule has 0 aliphatic heterocycles. The van der Waals surface area contributed by atoms with Gasteiger partial charge in [-0.05, 0) is 43.4 Å². The van der Waals surface area contributed by atoms with Crippen LogP contribution in [0.1, 0.15) is 30.0 Å². The summed E-state index contributed by atoms with van der Waals surface area (Å²) in [5.41, 5.74) is 4.08. The van der Waals surface area contributed by atoms with E-state index in [2.05, 4.69) is 32.0 Å². The molecule has 0 amide bonds. The van der Waals surface area contributed by atoms with Crippen LogP contribution in [0.25, 0.3) is 0 Å². The molecule has 1 rings (SSSR count). The lowest BCUT2D eigenvalue weighted by Gasteiger charge is -2.10. The molecule has 1 heteroatoms. The van der Waals surface area contributed by atoms with Crippen LogP contribution in [0, 0.1) is 19.8 Å². The SMILES string of the molecule is Cc1cccc(C)c1CCC(C)C=O. The van der Waals surface area contributed by atoms with Gasteiger partial charge >= 0.3 is 0 Å². The highest BCUT2D eigenvalue weighted by molar-refractivity contribution is 5.52. The number of carbonyl (C=O) groups excluding carboxylic acids is 1. The van der Waals surface area contributed by atoms with Gasteiger partial charge in [0.2, 0.25) is 0 Å². The van der Waals surface area contributed by atoms with E-state index in [4.69, 9.17) is 0 Å². The average Bonchev–Trinajstić information content (AvgIpc) is 2.16. The van der Waals surface area contributed by atoms with E-state index in [1.54, 1.807) is 0 Å². The van der Waals surface area contributed by atoms with Gasteiger partial charge in [-0.25, -0.2) is 0 Å². The van der Waals surface area contributed by atoms with Crippen LogP contribution >= 0.6 is 0 Å². The molecule has 1 aromatic carbocycles. The van der Waals surface area contributed by atoms with Gasteiger partial charge in [0.1, 0.15) is 6.29 Å². The summed E-state index contributed by atoms with van der Waals surface area (Å²) < 4.78 is 0. The maximum atomic E-state index is 10.5. The Labute approximate surface area is 86.1 Å². The second-order valence-corrected chi connectivity index (χ2v) is 4.02. The molecule has 0 aliphatic carbocycles. The Bertz CT molecular complexity index is 295. The van der Waals surface area contributed by atoms with Crippen molar-refractivity contribution in [3.8, 4) is 0 Å². The summed E-state index contributed by atoms with van der Waals surface area (Å²) in [7, 11) is 0. The Morgan fingerprint density at radius 1 is 1.29 bits per heavy atom. The molecule has 1 unspecified atom stereocenters. The zero-order valence-corrected chi connectivity index (χ0v) is 9.21. The first kappa shape index (κ1) is 11.0. The van der Waals surface area contributed by atoms with Crippen molar-refractivity contribution in [1.29, 1.82) is 0 Å². The quantitative estimate of drug-likeness (QED) is 0.667. The van der Waals surface area contributed by atoms with E-state index in [9.17, 15) is 4.79 Å². The first-order valence-corrected chi connectivity index (χ1v) is 5.15. The van der Waals surface area contributed by atoms with Crippen molar-refractivity contribution in [3.63, 3.8) is 0 Å². The molecule has 1 aromatic rings. The number of benzene rings is 1. The number of aldehydes is 1. The van der Waals surface area contributed by atoms with Crippen molar-refractivity contribution in [2.75, 3.05) is 0 Å². The highest BCUT2D eigenvalue weighted by Gasteiger charge is 2.04. The smallest absolute Gasteiger partial charge is 0.122 e. The minimum absolute atomic E-state index is 0.175. The molecular formula is C13H18O. The molecule has 0 saturated heterocycles. The fraction of sp³-hybridized carbons (Fsp3) is 0.462. The molecule has 0 spiro atoms. The normalized spacial score (nSPS) is 12.5. The standard InChI is InChI=1S/C13H18O/c1-10(9-14)7-8-13-11(2)5-4-6-12(13)3/h4-6,9-10H,7-8H2,1-3H3. The third-order valence-electron chi connectivity index (χ3n) is 2.73. The van der Waals surface area contributed by atoms with E-state index < -0.39 is 0 Å². The van der Waals surface area contributed by atoms with E-state index in [0.717, 1.165) is 19.1 Å². The topological polar surface area (TPSA) is 17.1 Å². The molecule has 0 bridgehead atoms. The zero-order chi connectivity index (χ0) is 10.6. The van der Waals surface area contributed by atoms with Gasteiger partial charge in [0.05, 0.1) is 0 Å². The molecule has 0 fully saturated rings. The summed E-state index contributed by atoms with van der Waals surface area (Å²) >= 11 is 0. The Kier molecular flexibility index (Phi) is 3.87. The Morgan fingerprint density at radius 3 is 2.36 bits per heavy atom. The third-order valence-corrected chi connectivity index (χ3v) is 2.73. The predicted molar refractivity (Wildman–Crippen MR) is 59.5 cm³/mol. The number of rotatable bonds is 4. The van der Waals surface area contributed by atoms with Crippen molar-refractivity contribution >= 4 is 6.29 Å². The van der Waals surface area contributed by atoms with Crippen LogP contribution in [0.2, 0.25) is 0 Å². The van der Waals surface area contributed by atoms with Gasteiger partial charge in [-0.3, -0.25) is 0 Å². The largest absolute Gasteiger partial charge is 0.303 e. The minimum atomic E-state index is 0.175. The van der Waals surface area contributed by atoms with Crippen LogP contribution in [0.15, 0.2) is 18.2 Å². The van der Waals surface area contributed by atoms with Crippen molar-refractivity contribution in [1.82, 2.24) is 0 Å². The fourth-order valence-corrected chi connectivity index (χ4v) is 1.68. The lowest BCUT2D eigenvalue weighted by Crippen LogP contribution is -2.01. The molecule has 1 atom stereocenters. The van der Waals surface area contributed by atoms with Crippen molar-refractivity contribution in [2.45, 2.75) is 33.6 Å². The van der Waals surface area contributed by atoms with Gasteiger partial charge in [-0.2, -0.15) is 0 Å². The van der Waals surface area contributed by atoms with Gasteiger partial charge in [-0.1, -0.05) is 25.1 Å². The number of hydrogen-bond donors (Lipinski definition) is 0. The van der Waals surface area contributed by atoms with Crippen LogP contribution in [-0.4, -0.2) is 6.29 Å². The Balaban J connectivity index is 2.71. The summed E-state index contributed by atoms with van der Waals surface area (Å²) in [5.74, 6) is 0.175. The molecule has 0 saturated carbocycles. The van der Waals surface area contributed by atoms with Gasteiger partial charge < -0.3 is 4.79 Å². The number of aryl methyl sites for hydroxylation is 2. The van der Waals surface area contributed by atoms with Gasteiger partial charge in [0.15, 0.2) is 0 Å². The first-order chi connectivity index (χ1) is 6.65. The third kappa shape index (κ3) is 2.69. The van der Waals surface area contributed by atoms with Crippen LogP contribution in [0.4, 0.5) is 0 Å². The van der Waals surface area contributed by atoms with Crippen molar-refractivity contribution in [3.05, 3.63) is 34.9 Å². The van der Waals surface area contributed by atoms with E-state index in [1.165, 1.54) is 16.7 Å². The number of carbonyl (C=O) groups is 1. The summed E-state index contributed by atoms with van der Waals surface area (Å²) in [4.78, 5) is 10.5. The van der Waals surface area contributed by atoms with E-state index in [0.29, 0.717) is 0 Å². The van der Waals surface area contributed by atoms with Gasteiger partial charge in [0, 0.05) is 5.92 Å². The van der Waals surface area contributed by atoms with Gasteiger partial charge in [0.25, 0.3) is 0 Å². The molecule has 0 heterocycles. The summed E-state index contributed by atoms with van der Waals surface area (Å²) in [5, 5.41) is 0. The highest BCUT2D eigenvalue weighted by atomic mass is 16.1. The van der Waals surface area contributed by atoms with Crippen molar-refractivity contribution < 1.29 is 4.79 Å². The predicted octanol–water partition coefficient (Wildman–Crippen LogP) is 3.07. The van der Waals surface area contributed by atoms with Crippen LogP contribution < -0.4 is 0 Å². The van der Waals surface area contributed by atoms with E-state index >= 15 is 0 Å². The highest BCUT2D eigenvalue weighted by Crippen LogP contribution is 2.16. The van der Waals surface area contributed by atoms with Crippen LogP contribution in [-0.2, 0) is 11.2 Å². The lowest BCUT2D eigenvalue weighted by atomic mass is 9.95. The van der Waals surface area contributed by atoms with Crippen molar-refractivity contribution in [2.24, 2.45) is 5.92 Å². The lowest BCUT2D eigenvalue weighted by molar-refractivity contribution is -0.110. The molecule has 0 aliphatic rings. The summed E-state index contributed by atoms with van der Waals surface area (Å²) in [6.45, 7) is 6.24. The molecule has 0 N–H and O–H groups in total. The zero-order valence-electron chi connectivity index (χ0n) is 9.21. The monoisotopic (exact) mass is 190 g/mol.